The molecule has 1 aliphatic carbocycles. The number of carbonyl (C=O) groups is 3. The third-order valence-corrected chi connectivity index (χ3v) is 5.76. The standard InChI is InChI=1S/C17H28N4O3/c1-13-10-17(7-3-2-4-8-17)15(23)21(13)12-19-16(24)18-11-20-9-5-6-14(20)22/h13H,2-12H2,1H3,(H2,18,19,24). The highest BCUT2D eigenvalue weighted by Crippen LogP contribution is 2.46. The molecule has 4 amide bonds. The van der Waals surface area contributed by atoms with E-state index in [1.165, 1.54) is 6.42 Å². The molecule has 2 N–H and O–H groups in total. The van der Waals surface area contributed by atoms with E-state index in [0.29, 0.717) is 13.0 Å². The molecule has 3 rings (SSSR count). The molecule has 2 heterocycles. The van der Waals surface area contributed by atoms with Gasteiger partial charge in [-0.15, -0.1) is 0 Å². The van der Waals surface area contributed by atoms with E-state index < -0.39 is 0 Å². The first-order valence-electron chi connectivity index (χ1n) is 9.12. The normalized spacial score (nSPS) is 26.3. The van der Waals surface area contributed by atoms with Crippen LogP contribution >= 0.6 is 0 Å². The fourth-order valence-corrected chi connectivity index (χ4v) is 4.40. The topological polar surface area (TPSA) is 81.8 Å². The monoisotopic (exact) mass is 336 g/mol. The van der Waals surface area contributed by atoms with Gasteiger partial charge in [-0.2, -0.15) is 0 Å². The minimum absolute atomic E-state index is 0.0814. The average Bonchev–Trinajstić information content (AvgIpc) is 3.07. The third-order valence-electron chi connectivity index (χ3n) is 5.76. The number of hydrogen-bond donors (Lipinski definition) is 2. The van der Waals surface area contributed by atoms with Gasteiger partial charge in [-0.3, -0.25) is 9.59 Å². The third kappa shape index (κ3) is 3.35. The molecule has 7 nitrogen and oxygen atoms in total. The average molecular weight is 336 g/mol. The maximum Gasteiger partial charge on any atom is 0.317 e. The molecule has 3 aliphatic rings. The van der Waals surface area contributed by atoms with E-state index in [9.17, 15) is 14.4 Å². The van der Waals surface area contributed by atoms with Crippen molar-refractivity contribution in [3.05, 3.63) is 0 Å². The summed E-state index contributed by atoms with van der Waals surface area (Å²) in [6, 6.07) is -0.171. The highest BCUT2D eigenvalue weighted by Gasteiger charge is 2.49. The number of nitrogens with one attached hydrogen (secondary N) is 2. The number of hydrogen-bond acceptors (Lipinski definition) is 3. The highest BCUT2D eigenvalue weighted by atomic mass is 16.2. The summed E-state index contributed by atoms with van der Waals surface area (Å²) in [5.74, 6) is 0.280. The Kier molecular flexibility index (Phi) is 4.96. The molecule has 0 radical (unpaired) electrons. The maximum absolute atomic E-state index is 12.8. The van der Waals surface area contributed by atoms with Crippen LogP contribution in [-0.4, -0.2) is 53.6 Å². The van der Waals surface area contributed by atoms with Crippen molar-refractivity contribution in [2.45, 2.75) is 64.3 Å². The minimum Gasteiger partial charge on any atom is -0.325 e. The number of carbonyl (C=O) groups excluding carboxylic acids is 3. The molecule has 24 heavy (non-hydrogen) atoms. The van der Waals surface area contributed by atoms with E-state index in [4.69, 9.17) is 0 Å². The van der Waals surface area contributed by atoms with Crippen molar-refractivity contribution in [2.75, 3.05) is 19.9 Å². The molecular formula is C17H28N4O3. The van der Waals surface area contributed by atoms with Gasteiger partial charge in [-0.05, 0) is 32.6 Å². The Balaban J connectivity index is 1.46. The lowest BCUT2D eigenvalue weighted by Gasteiger charge is -2.31. The molecule has 1 saturated carbocycles. The van der Waals surface area contributed by atoms with Crippen molar-refractivity contribution in [3.63, 3.8) is 0 Å². The lowest BCUT2D eigenvalue weighted by atomic mass is 9.72. The van der Waals surface area contributed by atoms with E-state index in [1.54, 1.807) is 9.80 Å². The summed E-state index contributed by atoms with van der Waals surface area (Å²) in [7, 11) is 0. The second-order valence-electron chi connectivity index (χ2n) is 7.43. The van der Waals surface area contributed by atoms with Crippen LogP contribution in [0.3, 0.4) is 0 Å². The zero-order valence-corrected chi connectivity index (χ0v) is 14.5. The van der Waals surface area contributed by atoms with Crippen LogP contribution in [0.2, 0.25) is 0 Å². The van der Waals surface area contributed by atoms with Gasteiger partial charge in [0.05, 0.1) is 18.8 Å². The highest BCUT2D eigenvalue weighted by molar-refractivity contribution is 5.86. The summed E-state index contributed by atoms with van der Waals surface area (Å²) in [6.45, 7) is 3.23. The van der Waals surface area contributed by atoms with E-state index in [0.717, 1.165) is 38.5 Å². The molecule has 0 aromatic heterocycles. The molecule has 3 fully saturated rings. The summed E-state index contributed by atoms with van der Waals surface area (Å²) in [5, 5.41) is 5.46. The van der Waals surface area contributed by atoms with Gasteiger partial charge in [0.15, 0.2) is 0 Å². The molecule has 2 aliphatic heterocycles. The van der Waals surface area contributed by atoms with E-state index in [-0.39, 0.29) is 42.6 Å². The summed E-state index contributed by atoms with van der Waals surface area (Å²) >= 11 is 0. The van der Waals surface area contributed by atoms with E-state index in [2.05, 4.69) is 17.6 Å². The zero-order chi connectivity index (χ0) is 17.2. The molecule has 0 bridgehead atoms. The molecule has 134 valence electrons. The van der Waals surface area contributed by atoms with E-state index in [1.807, 2.05) is 0 Å². The fraction of sp³-hybridized carbons (Fsp3) is 0.824. The van der Waals surface area contributed by atoms with Crippen molar-refractivity contribution in [3.8, 4) is 0 Å². The number of nitrogens with zero attached hydrogens (tertiary/aromatic N) is 2. The van der Waals surface area contributed by atoms with Gasteiger partial charge >= 0.3 is 6.03 Å². The van der Waals surface area contributed by atoms with Gasteiger partial charge in [-0.25, -0.2) is 4.79 Å². The van der Waals surface area contributed by atoms with Gasteiger partial charge in [0.25, 0.3) is 0 Å². The number of urea groups is 1. The van der Waals surface area contributed by atoms with Crippen molar-refractivity contribution in [1.82, 2.24) is 20.4 Å². The Labute approximate surface area is 143 Å². The van der Waals surface area contributed by atoms with Crippen LogP contribution in [0, 0.1) is 5.41 Å². The van der Waals surface area contributed by atoms with Crippen LogP contribution in [0.1, 0.15) is 58.3 Å². The molecule has 1 atom stereocenters. The van der Waals surface area contributed by atoms with Crippen molar-refractivity contribution >= 4 is 17.8 Å². The molecule has 1 unspecified atom stereocenters. The largest absolute Gasteiger partial charge is 0.325 e. The van der Waals surface area contributed by atoms with Gasteiger partial charge in [0.1, 0.15) is 0 Å². The number of rotatable bonds is 4. The lowest BCUT2D eigenvalue weighted by molar-refractivity contribution is -0.138. The second kappa shape index (κ2) is 6.99. The van der Waals surface area contributed by atoms with Gasteiger partial charge < -0.3 is 20.4 Å². The second-order valence-corrected chi connectivity index (χ2v) is 7.43. The predicted molar refractivity (Wildman–Crippen MR) is 88.8 cm³/mol. The zero-order valence-electron chi connectivity index (χ0n) is 14.5. The summed E-state index contributed by atoms with van der Waals surface area (Å²) in [4.78, 5) is 39.7. The van der Waals surface area contributed by atoms with Crippen molar-refractivity contribution < 1.29 is 14.4 Å². The number of likely N-dealkylation sites (tertiary alicyclic amines) is 2. The van der Waals surface area contributed by atoms with Gasteiger partial charge in [-0.1, -0.05) is 19.3 Å². The first kappa shape index (κ1) is 17.0. The van der Waals surface area contributed by atoms with Crippen LogP contribution in [0.15, 0.2) is 0 Å². The maximum atomic E-state index is 12.8. The van der Waals surface area contributed by atoms with Gasteiger partial charge in [0.2, 0.25) is 11.8 Å². The Morgan fingerprint density at radius 1 is 1.12 bits per heavy atom. The van der Waals surface area contributed by atoms with Crippen LogP contribution in [0.25, 0.3) is 0 Å². The molecule has 7 heteroatoms. The molecular weight excluding hydrogens is 308 g/mol. The predicted octanol–water partition coefficient (Wildman–Crippen LogP) is 1.39. The molecule has 2 saturated heterocycles. The summed E-state index contributed by atoms with van der Waals surface area (Å²) in [5.41, 5.74) is -0.183. The lowest BCUT2D eigenvalue weighted by Crippen LogP contribution is -2.49. The SMILES string of the molecule is CC1CC2(CCCCC2)C(=O)N1CNC(=O)NCN1CCCC1=O. The Hall–Kier alpha value is -1.79. The summed E-state index contributed by atoms with van der Waals surface area (Å²) in [6.07, 6.45) is 7.76. The molecule has 1 spiro atoms. The van der Waals surface area contributed by atoms with Crippen LogP contribution in [0.5, 0.6) is 0 Å². The van der Waals surface area contributed by atoms with Crippen LogP contribution < -0.4 is 10.6 Å². The van der Waals surface area contributed by atoms with Gasteiger partial charge in [0, 0.05) is 19.0 Å². The molecule has 0 aromatic carbocycles. The quantitative estimate of drug-likeness (QED) is 0.814. The Morgan fingerprint density at radius 2 is 1.83 bits per heavy atom. The smallest absolute Gasteiger partial charge is 0.317 e. The number of amides is 4. The Bertz CT molecular complexity index is 516. The summed E-state index contributed by atoms with van der Waals surface area (Å²) < 4.78 is 0. The minimum atomic E-state index is -0.334. The Morgan fingerprint density at radius 3 is 2.50 bits per heavy atom. The fourth-order valence-electron chi connectivity index (χ4n) is 4.40. The van der Waals surface area contributed by atoms with Crippen molar-refractivity contribution in [2.24, 2.45) is 5.41 Å². The molecule has 0 aromatic rings. The van der Waals surface area contributed by atoms with Crippen molar-refractivity contribution in [1.29, 1.82) is 0 Å². The van der Waals surface area contributed by atoms with Crippen LogP contribution in [-0.2, 0) is 9.59 Å². The first-order valence-corrected chi connectivity index (χ1v) is 9.12. The first-order chi connectivity index (χ1) is 11.5. The van der Waals surface area contributed by atoms with E-state index >= 15 is 0 Å². The van der Waals surface area contributed by atoms with Crippen LogP contribution in [0.4, 0.5) is 4.79 Å².